The molecular formula is C22H26N2O6S. The third-order valence-electron chi connectivity index (χ3n) is 4.59. The third-order valence-corrected chi connectivity index (χ3v) is 5.82. The van der Waals surface area contributed by atoms with Gasteiger partial charge in [-0.15, -0.1) is 11.8 Å². The maximum absolute atomic E-state index is 13.3. The van der Waals surface area contributed by atoms with Gasteiger partial charge in [0.25, 0.3) is 5.56 Å². The van der Waals surface area contributed by atoms with Crippen molar-refractivity contribution in [2.45, 2.75) is 43.9 Å². The standard InChI is InChI=1S/C22H26N2O6S/c1-22(2,3)30-21(27)23-16-12-31-18-15(20(26)29-5)11-24(19(25)17(16)18)10-13-7-6-8-14(9-13)28-4/h6-9,11,16H,10,12H2,1-5H3,(H,23,27)/t16-/m0/s1. The molecule has 31 heavy (non-hydrogen) atoms. The van der Waals surface area contributed by atoms with Crippen LogP contribution in [0.5, 0.6) is 5.75 Å². The van der Waals surface area contributed by atoms with E-state index in [-0.39, 0.29) is 12.1 Å². The predicted octanol–water partition coefficient (Wildman–Crippen LogP) is 3.36. The Morgan fingerprint density at radius 3 is 2.65 bits per heavy atom. The summed E-state index contributed by atoms with van der Waals surface area (Å²) in [7, 11) is 2.86. The molecule has 1 aromatic heterocycles. The van der Waals surface area contributed by atoms with Crippen molar-refractivity contribution in [1.29, 1.82) is 0 Å². The van der Waals surface area contributed by atoms with Gasteiger partial charge in [0.15, 0.2) is 0 Å². The summed E-state index contributed by atoms with van der Waals surface area (Å²) in [4.78, 5) is 38.6. The predicted molar refractivity (Wildman–Crippen MR) is 117 cm³/mol. The Kier molecular flexibility index (Phi) is 6.64. The molecule has 1 atom stereocenters. The molecule has 1 aromatic carbocycles. The Balaban J connectivity index is 2.01. The number of carbonyl (C=O) groups excluding carboxylic acids is 2. The van der Waals surface area contributed by atoms with E-state index in [4.69, 9.17) is 14.2 Å². The van der Waals surface area contributed by atoms with Crippen LogP contribution in [-0.2, 0) is 16.0 Å². The van der Waals surface area contributed by atoms with Crippen LogP contribution in [0, 0.1) is 0 Å². The molecule has 0 radical (unpaired) electrons. The smallest absolute Gasteiger partial charge is 0.408 e. The summed E-state index contributed by atoms with van der Waals surface area (Å²) in [6.07, 6.45) is 0.892. The molecule has 0 saturated carbocycles. The zero-order valence-corrected chi connectivity index (χ0v) is 19.0. The molecule has 1 aliphatic rings. The van der Waals surface area contributed by atoms with Crippen LogP contribution >= 0.6 is 11.8 Å². The first kappa shape index (κ1) is 22.7. The van der Waals surface area contributed by atoms with E-state index >= 15 is 0 Å². The molecule has 0 saturated heterocycles. The van der Waals surface area contributed by atoms with Crippen LogP contribution in [0.2, 0.25) is 0 Å². The first-order chi connectivity index (χ1) is 14.6. The molecule has 2 aromatic rings. The molecule has 0 spiro atoms. The fraction of sp³-hybridized carbons (Fsp3) is 0.409. The average Bonchev–Trinajstić information content (AvgIpc) is 3.12. The molecule has 1 N–H and O–H groups in total. The van der Waals surface area contributed by atoms with Crippen molar-refractivity contribution in [1.82, 2.24) is 9.88 Å². The molecule has 3 rings (SSSR count). The van der Waals surface area contributed by atoms with Crippen molar-refractivity contribution in [2.24, 2.45) is 0 Å². The van der Waals surface area contributed by atoms with Crippen LogP contribution in [0.1, 0.15) is 48.3 Å². The molecule has 8 nitrogen and oxygen atoms in total. The van der Waals surface area contributed by atoms with E-state index in [9.17, 15) is 14.4 Å². The van der Waals surface area contributed by atoms with Gasteiger partial charge in [-0.2, -0.15) is 0 Å². The van der Waals surface area contributed by atoms with E-state index in [1.807, 2.05) is 24.3 Å². The Morgan fingerprint density at radius 2 is 2.00 bits per heavy atom. The minimum atomic E-state index is -0.668. The number of aromatic nitrogens is 1. The molecule has 0 bridgehead atoms. The van der Waals surface area contributed by atoms with Crippen LogP contribution in [0.4, 0.5) is 4.79 Å². The number of methoxy groups -OCH3 is 2. The third kappa shape index (κ3) is 5.22. The summed E-state index contributed by atoms with van der Waals surface area (Å²) in [5.41, 5.74) is 0.537. The van der Waals surface area contributed by atoms with Gasteiger partial charge in [0.1, 0.15) is 11.4 Å². The van der Waals surface area contributed by atoms with E-state index in [1.165, 1.54) is 29.6 Å². The summed E-state index contributed by atoms with van der Waals surface area (Å²) < 4.78 is 17.0. The van der Waals surface area contributed by atoms with Crippen molar-refractivity contribution >= 4 is 23.8 Å². The van der Waals surface area contributed by atoms with Crippen LogP contribution in [-0.4, -0.2) is 42.2 Å². The second kappa shape index (κ2) is 9.05. The molecule has 0 fully saturated rings. The van der Waals surface area contributed by atoms with Crippen LogP contribution in [0.15, 0.2) is 40.2 Å². The van der Waals surface area contributed by atoms with E-state index in [2.05, 4.69) is 5.32 Å². The fourth-order valence-electron chi connectivity index (χ4n) is 3.29. The van der Waals surface area contributed by atoms with Gasteiger partial charge in [0, 0.05) is 16.8 Å². The Labute approximate surface area is 184 Å². The number of nitrogens with one attached hydrogen (secondary N) is 1. The summed E-state index contributed by atoms with van der Waals surface area (Å²) in [6.45, 7) is 5.53. The topological polar surface area (TPSA) is 95.9 Å². The Morgan fingerprint density at radius 1 is 1.26 bits per heavy atom. The average molecular weight is 447 g/mol. The quantitative estimate of drug-likeness (QED) is 0.704. The number of benzene rings is 1. The van der Waals surface area contributed by atoms with Gasteiger partial charge in [-0.1, -0.05) is 12.1 Å². The minimum absolute atomic E-state index is 0.233. The number of thioether (sulfide) groups is 1. The molecule has 1 amide bonds. The highest BCUT2D eigenvalue weighted by molar-refractivity contribution is 7.99. The van der Waals surface area contributed by atoms with Crippen molar-refractivity contribution in [2.75, 3.05) is 20.0 Å². The van der Waals surface area contributed by atoms with E-state index in [0.29, 0.717) is 27.5 Å². The Bertz CT molecular complexity index is 1060. The lowest BCUT2D eigenvalue weighted by molar-refractivity contribution is 0.0508. The number of ether oxygens (including phenoxy) is 3. The molecule has 0 aliphatic carbocycles. The number of alkyl carbamates (subject to hydrolysis) is 1. The lowest BCUT2D eigenvalue weighted by Gasteiger charge is -2.22. The second-order valence-electron chi connectivity index (χ2n) is 8.07. The highest BCUT2D eigenvalue weighted by atomic mass is 32.2. The zero-order valence-electron chi connectivity index (χ0n) is 18.2. The van der Waals surface area contributed by atoms with Gasteiger partial charge in [0.2, 0.25) is 0 Å². The maximum Gasteiger partial charge on any atom is 0.408 e. The number of esters is 1. The van der Waals surface area contributed by atoms with Gasteiger partial charge in [-0.25, -0.2) is 9.59 Å². The second-order valence-corrected chi connectivity index (χ2v) is 9.10. The van der Waals surface area contributed by atoms with Crippen molar-refractivity contribution < 1.29 is 23.8 Å². The van der Waals surface area contributed by atoms with Gasteiger partial charge in [-0.3, -0.25) is 4.79 Å². The number of hydrogen-bond donors (Lipinski definition) is 1. The SMILES string of the molecule is COC(=O)c1cn(Cc2cccc(OC)c2)c(=O)c2c1SC[C@@H]2NC(=O)OC(C)(C)C. The number of nitrogens with zero attached hydrogens (tertiary/aromatic N) is 1. The largest absolute Gasteiger partial charge is 0.497 e. The van der Waals surface area contributed by atoms with Crippen LogP contribution in [0.25, 0.3) is 0 Å². The summed E-state index contributed by atoms with van der Waals surface area (Å²) in [5, 5.41) is 2.76. The molecule has 2 heterocycles. The first-order valence-electron chi connectivity index (χ1n) is 9.74. The number of amides is 1. The normalized spacial score (nSPS) is 15.2. The van der Waals surface area contributed by atoms with Crippen molar-refractivity contribution in [3.8, 4) is 5.75 Å². The number of hydrogen-bond acceptors (Lipinski definition) is 7. The minimum Gasteiger partial charge on any atom is -0.497 e. The van der Waals surface area contributed by atoms with E-state index < -0.39 is 23.7 Å². The Hall–Kier alpha value is -2.94. The summed E-state index contributed by atoms with van der Waals surface area (Å²) in [6, 6.07) is 6.75. The molecule has 0 unspecified atom stereocenters. The highest BCUT2D eigenvalue weighted by Gasteiger charge is 2.34. The van der Waals surface area contributed by atoms with E-state index in [1.54, 1.807) is 27.9 Å². The number of fused-ring (bicyclic) bond motifs is 1. The molecule has 9 heteroatoms. The van der Waals surface area contributed by atoms with E-state index in [0.717, 1.165) is 5.56 Å². The van der Waals surface area contributed by atoms with Gasteiger partial charge < -0.3 is 24.1 Å². The lowest BCUT2D eigenvalue weighted by atomic mass is 10.1. The van der Waals surface area contributed by atoms with Gasteiger partial charge in [-0.05, 0) is 38.5 Å². The summed E-state index contributed by atoms with van der Waals surface area (Å²) >= 11 is 1.34. The van der Waals surface area contributed by atoms with Gasteiger partial charge >= 0.3 is 12.1 Å². The monoisotopic (exact) mass is 446 g/mol. The highest BCUT2D eigenvalue weighted by Crippen LogP contribution is 2.39. The lowest BCUT2D eigenvalue weighted by Crippen LogP contribution is -2.38. The van der Waals surface area contributed by atoms with Crippen LogP contribution < -0.4 is 15.6 Å². The maximum atomic E-state index is 13.3. The van der Waals surface area contributed by atoms with Gasteiger partial charge in [0.05, 0.1) is 37.9 Å². The van der Waals surface area contributed by atoms with Crippen molar-refractivity contribution in [3.63, 3.8) is 0 Å². The first-order valence-corrected chi connectivity index (χ1v) is 10.7. The zero-order chi connectivity index (χ0) is 22.8. The van der Waals surface area contributed by atoms with Crippen LogP contribution in [0.3, 0.4) is 0 Å². The number of pyridine rings is 1. The summed E-state index contributed by atoms with van der Waals surface area (Å²) in [5.74, 6) is 0.540. The number of rotatable bonds is 5. The van der Waals surface area contributed by atoms with Crippen molar-refractivity contribution in [3.05, 3.63) is 57.5 Å². The number of carbonyl (C=O) groups is 2. The molecule has 1 aliphatic heterocycles. The fourth-order valence-corrected chi connectivity index (χ4v) is 4.55. The molecular weight excluding hydrogens is 420 g/mol. The molecule has 166 valence electrons.